The van der Waals surface area contributed by atoms with Gasteiger partial charge in [-0.05, 0) is 49.9 Å². The van der Waals surface area contributed by atoms with Crippen LogP contribution in [0.15, 0.2) is 82.3 Å². The molecule has 4 aromatic rings. The number of nitrogens with zero attached hydrogens (tertiary/aromatic N) is 2. The Morgan fingerprint density at radius 2 is 1.07 bits per heavy atom. The van der Waals surface area contributed by atoms with Crippen molar-refractivity contribution < 1.29 is 8.83 Å². The van der Waals surface area contributed by atoms with Crippen molar-refractivity contribution in [1.82, 2.24) is 9.97 Å². The van der Waals surface area contributed by atoms with Crippen LogP contribution in [0.4, 0.5) is 0 Å². The minimum atomic E-state index is -0.311. The lowest BCUT2D eigenvalue weighted by Crippen LogP contribution is -2.19. The van der Waals surface area contributed by atoms with E-state index in [0.29, 0.717) is 11.8 Å². The fraction of sp³-hybridized carbons (Fsp3) is 0.250. The summed E-state index contributed by atoms with van der Waals surface area (Å²) in [4.78, 5) is 8.72. The van der Waals surface area contributed by atoms with E-state index in [-0.39, 0.29) is 10.8 Å². The lowest BCUT2D eigenvalue weighted by Gasteiger charge is -2.23. The van der Waals surface area contributed by atoms with Crippen molar-refractivity contribution in [2.75, 3.05) is 0 Å². The van der Waals surface area contributed by atoms with Gasteiger partial charge in [-0.3, -0.25) is 0 Å². The Labute approximate surface area is 165 Å². The van der Waals surface area contributed by atoms with Crippen LogP contribution in [-0.2, 0) is 10.8 Å². The molecule has 0 unspecified atom stereocenters. The van der Waals surface area contributed by atoms with Crippen LogP contribution < -0.4 is 0 Å². The van der Waals surface area contributed by atoms with Crippen LogP contribution in [0.2, 0.25) is 0 Å². The van der Waals surface area contributed by atoms with Gasteiger partial charge in [0.25, 0.3) is 0 Å². The molecule has 0 bridgehead atoms. The molecular weight excluding hydrogens is 348 g/mol. The van der Waals surface area contributed by atoms with Crippen molar-refractivity contribution in [3.05, 3.63) is 96.4 Å². The van der Waals surface area contributed by atoms with Crippen LogP contribution >= 0.6 is 0 Å². The zero-order chi connectivity index (χ0) is 19.8. The molecular formula is C24H24N2O2. The Kier molecular flexibility index (Phi) is 4.42. The Morgan fingerprint density at radius 3 is 1.43 bits per heavy atom. The first kappa shape index (κ1) is 18.2. The van der Waals surface area contributed by atoms with E-state index in [0.717, 1.165) is 22.3 Å². The van der Waals surface area contributed by atoms with Gasteiger partial charge in [0.2, 0.25) is 11.8 Å². The highest BCUT2D eigenvalue weighted by atomic mass is 16.3. The summed E-state index contributed by atoms with van der Waals surface area (Å²) < 4.78 is 11.1. The second-order valence-electron chi connectivity index (χ2n) is 8.09. The maximum absolute atomic E-state index is 5.57. The minimum Gasteiger partial charge on any atom is -0.448 e. The summed E-state index contributed by atoms with van der Waals surface area (Å²) in [5.41, 5.74) is 4.00. The smallest absolute Gasteiger partial charge is 0.204 e. The lowest BCUT2D eigenvalue weighted by molar-refractivity contribution is 0.412. The summed E-state index contributed by atoms with van der Waals surface area (Å²) in [6.45, 7) is 8.50. The van der Waals surface area contributed by atoms with Gasteiger partial charge in [0, 0.05) is 0 Å². The topological polar surface area (TPSA) is 52.1 Å². The average molecular weight is 372 g/mol. The Bertz CT molecular complexity index is 974. The number of hydrogen-bond donors (Lipinski definition) is 0. The van der Waals surface area contributed by atoms with Gasteiger partial charge < -0.3 is 8.83 Å². The van der Waals surface area contributed by atoms with Crippen molar-refractivity contribution in [3.8, 4) is 11.1 Å². The van der Waals surface area contributed by atoms with Crippen LogP contribution in [-0.4, -0.2) is 9.97 Å². The van der Waals surface area contributed by atoms with E-state index >= 15 is 0 Å². The van der Waals surface area contributed by atoms with E-state index in [4.69, 9.17) is 8.83 Å². The first-order valence-corrected chi connectivity index (χ1v) is 9.40. The van der Waals surface area contributed by atoms with Crippen molar-refractivity contribution in [1.29, 1.82) is 0 Å². The van der Waals surface area contributed by atoms with Gasteiger partial charge in [0.1, 0.15) is 12.5 Å². The molecule has 4 nitrogen and oxygen atoms in total. The van der Waals surface area contributed by atoms with E-state index in [1.54, 1.807) is 24.9 Å². The molecule has 0 radical (unpaired) electrons. The number of benzene rings is 2. The van der Waals surface area contributed by atoms with Gasteiger partial charge in [0.15, 0.2) is 0 Å². The van der Waals surface area contributed by atoms with E-state index in [1.807, 2.05) is 0 Å². The summed E-state index contributed by atoms with van der Waals surface area (Å²) in [6.07, 6.45) is 6.62. The zero-order valence-corrected chi connectivity index (χ0v) is 16.6. The van der Waals surface area contributed by atoms with Crippen LogP contribution in [0.3, 0.4) is 0 Å². The number of hydrogen-bond acceptors (Lipinski definition) is 4. The standard InChI is InChI=1S/C24H24N2O2/c1-23(2,21-25-11-13-27-21)19-9-5-7-17(15-19)18-8-6-10-20(16-18)24(3,4)22-26-12-14-28-22/h5-16H,1-4H3. The van der Waals surface area contributed by atoms with E-state index < -0.39 is 0 Å². The van der Waals surface area contributed by atoms with E-state index in [1.165, 1.54) is 0 Å². The third kappa shape index (κ3) is 3.15. The van der Waals surface area contributed by atoms with Gasteiger partial charge in [0.05, 0.1) is 23.2 Å². The van der Waals surface area contributed by atoms with Crippen LogP contribution in [0.25, 0.3) is 11.1 Å². The second-order valence-corrected chi connectivity index (χ2v) is 8.09. The van der Waals surface area contributed by atoms with Gasteiger partial charge in [-0.1, -0.05) is 48.5 Å². The highest BCUT2D eigenvalue weighted by Gasteiger charge is 2.29. The molecule has 0 amide bonds. The van der Waals surface area contributed by atoms with E-state index in [9.17, 15) is 0 Å². The van der Waals surface area contributed by atoms with Crippen molar-refractivity contribution in [2.45, 2.75) is 38.5 Å². The molecule has 0 N–H and O–H groups in total. The van der Waals surface area contributed by atoms with Crippen LogP contribution in [0.5, 0.6) is 0 Å². The molecule has 0 spiro atoms. The predicted molar refractivity (Wildman–Crippen MR) is 109 cm³/mol. The first-order chi connectivity index (χ1) is 13.4. The zero-order valence-electron chi connectivity index (χ0n) is 16.6. The molecule has 0 aliphatic carbocycles. The monoisotopic (exact) mass is 372 g/mol. The average Bonchev–Trinajstić information content (AvgIpc) is 3.42. The summed E-state index contributed by atoms with van der Waals surface area (Å²) in [7, 11) is 0. The maximum Gasteiger partial charge on any atom is 0.204 e. The Balaban J connectivity index is 1.73. The summed E-state index contributed by atoms with van der Waals surface area (Å²) >= 11 is 0. The van der Waals surface area contributed by atoms with Crippen molar-refractivity contribution >= 4 is 0 Å². The predicted octanol–water partition coefficient (Wildman–Crippen LogP) is 5.98. The number of aromatic nitrogens is 2. The van der Waals surface area contributed by atoms with Crippen molar-refractivity contribution in [3.63, 3.8) is 0 Å². The highest BCUT2D eigenvalue weighted by Crippen LogP contribution is 2.35. The Hall–Kier alpha value is -3.14. The second kappa shape index (κ2) is 6.79. The fourth-order valence-corrected chi connectivity index (χ4v) is 3.49. The molecule has 0 fully saturated rings. The molecule has 28 heavy (non-hydrogen) atoms. The molecule has 0 saturated carbocycles. The molecule has 4 rings (SSSR count). The SMILES string of the molecule is CC(C)(c1cccc(-c2cccc(C(C)(C)c3ncco3)c2)c1)c1ncco1. The molecule has 0 saturated heterocycles. The van der Waals surface area contributed by atoms with Crippen LogP contribution in [0, 0.1) is 0 Å². The summed E-state index contributed by atoms with van der Waals surface area (Å²) in [5.74, 6) is 1.42. The largest absolute Gasteiger partial charge is 0.448 e. The molecule has 0 atom stereocenters. The van der Waals surface area contributed by atoms with Crippen molar-refractivity contribution in [2.24, 2.45) is 0 Å². The fourth-order valence-electron chi connectivity index (χ4n) is 3.49. The first-order valence-electron chi connectivity index (χ1n) is 9.40. The normalized spacial score (nSPS) is 12.3. The lowest BCUT2D eigenvalue weighted by atomic mass is 9.81. The maximum atomic E-state index is 5.57. The third-order valence-corrected chi connectivity index (χ3v) is 5.44. The van der Waals surface area contributed by atoms with Gasteiger partial charge in [-0.15, -0.1) is 0 Å². The summed E-state index contributed by atoms with van der Waals surface area (Å²) in [5, 5.41) is 0. The quantitative estimate of drug-likeness (QED) is 0.432. The van der Waals surface area contributed by atoms with Gasteiger partial charge >= 0.3 is 0 Å². The molecule has 0 aliphatic rings. The van der Waals surface area contributed by atoms with E-state index in [2.05, 4.69) is 86.2 Å². The number of oxazole rings is 2. The minimum absolute atomic E-state index is 0.311. The number of rotatable bonds is 5. The third-order valence-electron chi connectivity index (χ3n) is 5.44. The molecule has 2 aromatic heterocycles. The molecule has 0 aliphatic heterocycles. The highest BCUT2D eigenvalue weighted by molar-refractivity contribution is 5.66. The van der Waals surface area contributed by atoms with Crippen LogP contribution in [0.1, 0.15) is 50.6 Å². The molecule has 2 aromatic carbocycles. The molecule has 2 heterocycles. The molecule has 4 heteroatoms. The Morgan fingerprint density at radius 1 is 0.643 bits per heavy atom. The summed E-state index contributed by atoms with van der Waals surface area (Å²) in [6, 6.07) is 17.1. The molecule has 142 valence electrons. The van der Waals surface area contributed by atoms with Gasteiger partial charge in [-0.25, -0.2) is 9.97 Å². The van der Waals surface area contributed by atoms with Gasteiger partial charge in [-0.2, -0.15) is 0 Å².